The van der Waals surface area contributed by atoms with Crippen molar-refractivity contribution >= 4 is 18.0 Å². The number of esters is 1. The summed E-state index contributed by atoms with van der Waals surface area (Å²) in [5, 5.41) is 4.92. The molecule has 1 rings (SSSR count). The smallest absolute Gasteiger partial charge is 0.408 e. The van der Waals surface area contributed by atoms with Crippen molar-refractivity contribution in [3.63, 3.8) is 0 Å². The molecule has 0 saturated heterocycles. The number of nitrogens with one attached hydrogen (secondary N) is 2. The van der Waals surface area contributed by atoms with Gasteiger partial charge in [0.2, 0.25) is 5.91 Å². The van der Waals surface area contributed by atoms with Gasteiger partial charge in [0, 0.05) is 0 Å². The van der Waals surface area contributed by atoms with Crippen LogP contribution in [0.1, 0.15) is 33.3 Å². The summed E-state index contributed by atoms with van der Waals surface area (Å²) in [6.45, 7) is 6.76. The van der Waals surface area contributed by atoms with Gasteiger partial charge in [-0.3, -0.25) is 9.59 Å². The largest absolute Gasteiger partial charge is 0.468 e. The van der Waals surface area contributed by atoms with Crippen LogP contribution in [-0.2, 0) is 30.4 Å². The number of amides is 2. The lowest BCUT2D eigenvalue weighted by Crippen LogP contribution is -2.54. The van der Waals surface area contributed by atoms with E-state index in [2.05, 4.69) is 15.4 Å². The topological polar surface area (TPSA) is 103 Å². The van der Waals surface area contributed by atoms with E-state index < -0.39 is 35.7 Å². The van der Waals surface area contributed by atoms with Gasteiger partial charge in [-0.05, 0) is 33.3 Å². The second-order valence-corrected chi connectivity index (χ2v) is 6.92. The van der Waals surface area contributed by atoms with E-state index in [1.165, 1.54) is 7.11 Å². The van der Waals surface area contributed by atoms with Crippen LogP contribution in [0, 0.1) is 0 Å². The van der Waals surface area contributed by atoms with Gasteiger partial charge in [0.25, 0.3) is 0 Å². The number of hydrogen-bond acceptors (Lipinski definition) is 6. The Hall–Kier alpha value is -2.61. The first-order valence-electron chi connectivity index (χ1n) is 8.62. The minimum absolute atomic E-state index is 0.263. The molecule has 0 fully saturated rings. The van der Waals surface area contributed by atoms with Crippen LogP contribution in [0.25, 0.3) is 0 Å². The zero-order valence-corrected chi connectivity index (χ0v) is 16.4. The summed E-state index contributed by atoms with van der Waals surface area (Å²) in [4.78, 5) is 35.8. The summed E-state index contributed by atoms with van der Waals surface area (Å²) in [6.07, 6.45) is -1.42. The molecule has 1 aromatic carbocycles. The lowest BCUT2D eigenvalue weighted by molar-refractivity contribution is -0.141. The zero-order valence-electron chi connectivity index (χ0n) is 16.4. The Morgan fingerprint density at radius 3 is 2.30 bits per heavy atom. The lowest BCUT2D eigenvalue weighted by atomic mass is 10.1. The molecule has 0 spiro atoms. The van der Waals surface area contributed by atoms with Gasteiger partial charge in [-0.2, -0.15) is 0 Å². The van der Waals surface area contributed by atoms with Gasteiger partial charge in [-0.1, -0.05) is 30.3 Å². The molecule has 0 aliphatic rings. The number of ether oxygens (including phenoxy) is 3. The quantitative estimate of drug-likeness (QED) is 0.667. The third-order valence-electron chi connectivity index (χ3n) is 3.41. The Labute approximate surface area is 159 Å². The van der Waals surface area contributed by atoms with E-state index in [1.54, 1.807) is 27.7 Å². The summed E-state index contributed by atoms with van der Waals surface area (Å²) in [7, 11) is 1.22. The molecular weight excluding hydrogens is 352 g/mol. The minimum atomic E-state index is -1.05. The number of benzene rings is 1. The molecule has 0 bridgehead atoms. The van der Waals surface area contributed by atoms with Gasteiger partial charge in [-0.15, -0.1) is 0 Å². The van der Waals surface area contributed by atoms with Gasteiger partial charge in [-0.25, -0.2) is 4.79 Å². The fourth-order valence-corrected chi connectivity index (χ4v) is 2.07. The van der Waals surface area contributed by atoms with E-state index in [1.807, 2.05) is 30.3 Å². The van der Waals surface area contributed by atoms with Crippen LogP contribution in [0.3, 0.4) is 0 Å². The van der Waals surface area contributed by atoms with Crippen LogP contribution in [0.5, 0.6) is 0 Å². The van der Waals surface area contributed by atoms with Gasteiger partial charge >= 0.3 is 12.1 Å². The molecule has 27 heavy (non-hydrogen) atoms. The van der Waals surface area contributed by atoms with Crippen molar-refractivity contribution < 1.29 is 28.6 Å². The molecule has 1 aromatic rings. The molecule has 150 valence electrons. The maximum atomic E-state index is 12.4. The van der Waals surface area contributed by atoms with Crippen molar-refractivity contribution in [2.24, 2.45) is 0 Å². The molecule has 0 heterocycles. The van der Waals surface area contributed by atoms with Crippen LogP contribution >= 0.6 is 0 Å². The second-order valence-electron chi connectivity index (χ2n) is 6.92. The molecule has 0 unspecified atom stereocenters. The monoisotopic (exact) mass is 380 g/mol. The molecule has 8 nitrogen and oxygen atoms in total. The van der Waals surface area contributed by atoms with Crippen molar-refractivity contribution in [1.82, 2.24) is 10.6 Å². The molecule has 0 saturated carbocycles. The molecule has 0 aromatic heterocycles. The molecule has 2 amide bonds. The molecule has 0 aliphatic heterocycles. The molecule has 8 heteroatoms. The fourth-order valence-electron chi connectivity index (χ4n) is 2.07. The number of carbonyl (C=O) groups excluding carboxylic acids is 3. The average Bonchev–Trinajstić information content (AvgIpc) is 2.61. The highest BCUT2D eigenvalue weighted by atomic mass is 16.6. The summed E-state index contributed by atoms with van der Waals surface area (Å²) in [5.74, 6) is -1.18. The van der Waals surface area contributed by atoms with E-state index in [4.69, 9.17) is 9.47 Å². The molecule has 2 N–H and O–H groups in total. The standard InChI is InChI=1S/C19H28N2O6/c1-13(26-12-14-9-7-6-8-10-14)16(17(23)20-11-15(22)25-5)21-18(24)27-19(2,3)4/h6-10,13,16H,11-12H2,1-5H3,(H,20,23)(H,21,24)/t13-,16+/m1/s1. The van der Waals surface area contributed by atoms with Crippen LogP contribution in [0.15, 0.2) is 30.3 Å². The summed E-state index contributed by atoms with van der Waals surface area (Å²) >= 11 is 0. The zero-order chi connectivity index (χ0) is 20.4. The summed E-state index contributed by atoms with van der Waals surface area (Å²) in [5.41, 5.74) is 0.209. The highest BCUT2D eigenvalue weighted by Crippen LogP contribution is 2.10. The maximum absolute atomic E-state index is 12.4. The van der Waals surface area contributed by atoms with Gasteiger partial charge < -0.3 is 24.8 Å². The van der Waals surface area contributed by atoms with Gasteiger partial charge in [0.1, 0.15) is 18.2 Å². The van der Waals surface area contributed by atoms with Crippen molar-refractivity contribution in [1.29, 1.82) is 0 Å². The van der Waals surface area contributed by atoms with Gasteiger partial charge in [0.05, 0.1) is 19.8 Å². The lowest BCUT2D eigenvalue weighted by Gasteiger charge is -2.26. The van der Waals surface area contributed by atoms with Crippen molar-refractivity contribution in [2.75, 3.05) is 13.7 Å². The predicted molar refractivity (Wildman–Crippen MR) is 98.9 cm³/mol. The van der Waals surface area contributed by atoms with Gasteiger partial charge in [0.15, 0.2) is 0 Å². The summed E-state index contributed by atoms with van der Waals surface area (Å²) in [6, 6.07) is 8.38. The van der Waals surface area contributed by atoms with Crippen LogP contribution < -0.4 is 10.6 Å². The Morgan fingerprint density at radius 1 is 1.11 bits per heavy atom. The Bertz CT molecular complexity index is 627. The van der Waals surface area contributed by atoms with Crippen molar-refractivity contribution in [3.8, 4) is 0 Å². The normalized spacial score (nSPS) is 13.2. The number of methoxy groups -OCH3 is 1. The average molecular weight is 380 g/mol. The molecular formula is C19H28N2O6. The predicted octanol–water partition coefficient (Wildman–Crippen LogP) is 1.77. The van der Waals surface area contributed by atoms with Crippen LogP contribution in [-0.4, -0.2) is 49.4 Å². The minimum Gasteiger partial charge on any atom is -0.468 e. The van der Waals surface area contributed by atoms with Crippen LogP contribution in [0.4, 0.5) is 4.79 Å². The molecule has 2 atom stereocenters. The van der Waals surface area contributed by atoms with Crippen LogP contribution in [0.2, 0.25) is 0 Å². The first kappa shape index (κ1) is 22.4. The summed E-state index contributed by atoms with van der Waals surface area (Å²) < 4.78 is 15.4. The Morgan fingerprint density at radius 2 is 1.74 bits per heavy atom. The third-order valence-corrected chi connectivity index (χ3v) is 3.41. The Kier molecular flexibility index (Phi) is 8.74. The number of rotatable bonds is 8. The van der Waals surface area contributed by atoms with E-state index in [9.17, 15) is 14.4 Å². The van der Waals surface area contributed by atoms with Crippen molar-refractivity contribution in [2.45, 2.75) is 52.0 Å². The fraction of sp³-hybridized carbons (Fsp3) is 0.526. The Balaban J connectivity index is 2.76. The third kappa shape index (κ3) is 9.05. The van der Waals surface area contributed by atoms with E-state index >= 15 is 0 Å². The maximum Gasteiger partial charge on any atom is 0.408 e. The first-order chi connectivity index (χ1) is 12.6. The first-order valence-corrected chi connectivity index (χ1v) is 8.62. The SMILES string of the molecule is COC(=O)CNC(=O)[C@@H](NC(=O)OC(C)(C)C)[C@@H](C)OCc1ccccc1. The van der Waals surface area contributed by atoms with E-state index in [-0.39, 0.29) is 13.2 Å². The molecule has 0 aliphatic carbocycles. The van der Waals surface area contributed by atoms with Crippen molar-refractivity contribution in [3.05, 3.63) is 35.9 Å². The second kappa shape index (κ2) is 10.5. The number of hydrogen-bond donors (Lipinski definition) is 2. The van der Waals surface area contributed by atoms with E-state index in [0.29, 0.717) is 0 Å². The highest BCUT2D eigenvalue weighted by Gasteiger charge is 2.30. The van der Waals surface area contributed by atoms with E-state index in [0.717, 1.165) is 5.56 Å². The number of alkyl carbamates (subject to hydrolysis) is 1. The molecule has 0 radical (unpaired) electrons. The highest BCUT2D eigenvalue weighted by molar-refractivity contribution is 5.88. The number of carbonyl (C=O) groups is 3.